The van der Waals surface area contributed by atoms with E-state index in [9.17, 15) is 14.9 Å². The van der Waals surface area contributed by atoms with Crippen molar-refractivity contribution in [3.63, 3.8) is 0 Å². The maximum absolute atomic E-state index is 13.2. The number of nitrogens with one attached hydrogen (secondary N) is 2. The Kier molecular flexibility index (Phi) is 8.88. The number of Topliss-reactive ketones (excluding diaryl/α,β-unsaturated/α-hetero) is 1. The molecule has 3 aromatic carbocycles. The first-order chi connectivity index (χ1) is 16.8. The summed E-state index contributed by atoms with van der Waals surface area (Å²) < 4.78 is 0. The predicted molar refractivity (Wildman–Crippen MR) is 145 cm³/mol. The molecule has 178 valence electrons. The molecule has 2 N–H and O–H groups in total. The monoisotopic (exact) mass is 483 g/mol. The second-order valence-corrected chi connectivity index (χ2v) is 9.47. The van der Waals surface area contributed by atoms with E-state index in [4.69, 9.17) is 0 Å². The molecular formula is C29H29N3O2S. The number of benzene rings is 3. The van der Waals surface area contributed by atoms with Gasteiger partial charge in [0.1, 0.15) is 11.6 Å². The molecule has 0 aliphatic heterocycles. The summed E-state index contributed by atoms with van der Waals surface area (Å²) in [6.45, 7) is 8.07. The van der Waals surface area contributed by atoms with Crippen LogP contribution in [0.3, 0.4) is 0 Å². The van der Waals surface area contributed by atoms with Crippen LogP contribution >= 0.6 is 11.8 Å². The minimum absolute atomic E-state index is 0.0315. The Bertz CT molecular complexity index is 1290. The average molecular weight is 484 g/mol. The van der Waals surface area contributed by atoms with E-state index in [1.54, 1.807) is 24.3 Å². The Morgan fingerprint density at radius 2 is 1.54 bits per heavy atom. The number of hydrogen-bond acceptors (Lipinski definition) is 5. The summed E-state index contributed by atoms with van der Waals surface area (Å²) in [5, 5.41) is 16.5. The third-order valence-corrected chi connectivity index (χ3v) is 6.54. The number of carbonyl (C=O) groups is 2. The first-order valence-corrected chi connectivity index (χ1v) is 12.4. The van der Waals surface area contributed by atoms with Gasteiger partial charge in [0.05, 0.1) is 10.8 Å². The van der Waals surface area contributed by atoms with Gasteiger partial charge in [-0.1, -0.05) is 92.3 Å². The van der Waals surface area contributed by atoms with Gasteiger partial charge < -0.3 is 10.6 Å². The number of thioether (sulfide) groups is 1. The quantitative estimate of drug-likeness (QED) is 0.198. The molecule has 0 aliphatic rings. The van der Waals surface area contributed by atoms with E-state index in [0.29, 0.717) is 10.6 Å². The highest BCUT2D eigenvalue weighted by molar-refractivity contribution is 8.03. The Hall–Kier alpha value is -3.82. The van der Waals surface area contributed by atoms with Crippen molar-refractivity contribution in [1.29, 1.82) is 5.26 Å². The molecule has 0 saturated carbocycles. The molecule has 0 radical (unpaired) electrons. The molecule has 0 heterocycles. The van der Waals surface area contributed by atoms with Crippen LogP contribution in [0.4, 0.5) is 11.4 Å². The summed E-state index contributed by atoms with van der Waals surface area (Å²) in [5.74, 6) is -0.310. The minimum atomic E-state index is -0.391. The predicted octanol–water partition coefficient (Wildman–Crippen LogP) is 6.83. The van der Waals surface area contributed by atoms with Gasteiger partial charge in [-0.15, -0.1) is 0 Å². The molecule has 0 bridgehead atoms. The molecule has 0 spiro atoms. The van der Waals surface area contributed by atoms with Crippen LogP contribution in [0.2, 0.25) is 0 Å². The van der Waals surface area contributed by atoms with Gasteiger partial charge in [0.15, 0.2) is 0 Å². The van der Waals surface area contributed by atoms with Crippen molar-refractivity contribution >= 4 is 34.8 Å². The van der Waals surface area contributed by atoms with Gasteiger partial charge in [-0.25, -0.2) is 0 Å². The molecule has 0 atom stereocenters. The van der Waals surface area contributed by atoms with Crippen molar-refractivity contribution in [2.24, 2.45) is 0 Å². The van der Waals surface area contributed by atoms with Crippen molar-refractivity contribution in [3.05, 3.63) is 106 Å². The number of amides is 1. The van der Waals surface area contributed by atoms with Crippen LogP contribution in [-0.4, -0.2) is 17.4 Å². The zero-order valence-corrected chi connectivity index (χ0v) is 21.2. The van der Waals surface area contributed by atoms with Crippen molar-refractivity contribution in [2.75, 3.05) is 16.4 Å². The third-order valence-electron chi connectivity index (χ3n) is 5.53. The second-order valence-electron chi connectivity index (χ2n) is 8.48. The lowest BCUT2D eigenvalue weighted by Gasteiger charge is -2.17. The Morgan fingerprint density at radius 3 is 2.20 bits per heavy atom. The van der Waals surface area contributed by atoms with Crippen LogP contribution in [-0.2, 0) is 4.79 Å². The van der Waals surface area contributed by atoms with E-state index in [1.165, 1.54) is 0 Å². The first-order valence-electron chi connectivity index (χ1n) is 11.4. The van der Waals surface area contributed by atoms with E-state index in [-0.39, 0.29) is 23.2 Å². The van der Waals surface area contributed by atoms with Crippen LogP contribution < -0.4 is 10.6 Å². The largest absolute Gasteiger partial charge is 0.349 e. The SMILES string of the molecule is Cc1ccccc1NC(SCC(=O)Nc1c(C)cccc1C(C)C)=C(C#N)C(=O)c1ccccc1. The minimum Gasteiger partial charge on any atom is -0.349 e. The van der Waals surface area contributed by atoms with E-state index in [0.717, 1.165) is 39.8 Å². The van der Waals surface area contributed by atoms with Gasteiger partial charge in [0.2, 0.25) is 11.7 Å². The number of allylic oxidation sites excluding steroid dienone is 1. The highest BCUT2D eigenvalue weighted by Crippen LogP contribution is 2.29. The standard InChI is InChI=1S/C29H29N3O2S/c1-19(2)23-15-10-12-21(4)27(23)32-26(33)18-35-29(31-25-16-9-8-11-20(25)3)24(17-30)28(34)22-13-6-5-7-14-22/h5-16,19,31H,18H2,1-4H3,(H,32,33). The fraction of sp³-hybridized carbons (Fsp3) is 0.207. The van der Waals surface area contributed by atoms with Crippen LogP contribution in [0.25, 0.3) is 0 Å². The lowest BCUT2D eigenvalue weighted by atomic mass is 9.98. The number of para-hydroxylation sites is 2. The molecule has 0 aliphatic carbocycles. The van der Waals surface area contributed by atoms with E-state index < -0.39 is 5.78 Å². The Balaban J connectivity index is 1.90. The number of nitrogens with zero attached hydrogens (tertiary/aromatic N) is 1. The molecule has 3 aromatic rings. The normalized spacial score (nSPS) is 11.4. The molecule has 3 rings (SSSR count). The molecule has 1 amide bonds. The summed E-state index contributed by atoms with van der Waals surface area (Å²) in [5.41, 5.74) is 4.97. The second kappa shape index (κ2) is 12.0. The molecular weight excluding hydrogens is 454 g/mol. The fourth-order valence-corrected chi connectivity index (χ4v) is 4.41. The molecule has 6 heteroatoms. The van der Waals surface area contributed by atoms with Gasteiger partial charge in [0, 0.05) is 16.9 Å². The van der Waals surface area contributed by atoms with Crippen LogP contribution in [0.5, 0.6) is 0 Å². The van der Waals surface area contributed by atoms with Crippen LogP contribution in [0.1, 0.15) is 46.8 Å². The zero-order chi connectivity index (χ0) is 25.4. The van der Waals surface area contributed by atoms with Crippen molar-refractivity contribution < 1.29 is 9.59 Å². The molecule has 35 heavy (non-hydrogen) atoms. The number of ketones is 1. The highest BCUT2D eigenvalue weighted by Gasteiger charge is 2.20. The number of rotatable bonds is 9. The maximum atomic E-state index is 13.2. The number of nitriles is 1. The van der Waals surface area contributed by atoms with Crippen LogP contribution in [0.15, 0.2) is 83.4 Å². The molecule has 0 saturated heterocycles. The third kappa shape index (κ3) is 6.62. The van der Waals surface area contributed by atoms with E-state index in [2.05, 4.69) is 30.6 Å². The smallest absolute Gasteiger partial charge is 0.234 e. The summed E-state index contributed by atoms with van der Waals surface area (Å²) in [7, 11) is 0. The summed E-state index contributed by atoms with van der Waals surface area (Å²) >= 11 is 1.14. The Labute approximate surface area is 211 Å². The van der Waals surface area contributed by atoms with Gasteiger partial charge in [-0.2, -0.15) is 5.26 Å². The Morgan fingerprint density at radius 1 is 0.886 bits per heavy atom. The molecule has 0 aromatic heterocycles. The van der Waals surface area contributed by atoms with Crippen molar-refractivity contribution in [1.82, 2.24) is 0 Å². The van der Waals surface area contributed by atoms with Crippen molar-refractivity contribution in [2.45, 2.75) is 33.6 Å². The maximum Gasteiger partial charge on any atom is 0.234 e. The average Bonchev–Trinajstić information content (AvgIpc) is 2.85. The lowest BCUT2D eigenvalue weighted by molar-refractivity contribution is -0.113. The number of hydrogen-bond donors (Lipinski definition) is 2. The highest BCUT2D eigenvalue weighted by atomic mass is 32.2. The van der Waals surface area contributed by atoms with E-state index in [1.807, 2.05) is 62.4 Å². The van der Waals surface area contributed by atoms with Crippen LogP contribution in [0, 0.1) is 25.2 Å². The van der Waals surface area contributed by atoms with Gasteiger partial charge in [-0.05, 0) is 42.5 Å². The molecule has 0 unspecified atom stereocenters. The van der Waals surface area contributed by atoms with Gasteiger partial charge >= 0.3 is 0 Å². The fourth-order valence-electron chi connectivity index (χ4n) is 3.60. The van der Waals surface area contributed by atoms with Gasteiger partial charge in [-0.3, -0.25) is 9.59 Å². The number of carbonyl (C=O) groups excluding carboxylic acids is 2. The first kappa shape index (κ1) is 25.8. The summed E-state index contributed by atoms with van der Waals surface area (Å²) in [4.78, 5) is 26.1. The lowest BCUT2D eigenvalue weighted by Crippen LogP contribution is -2.18. The van der Waals surface area contributed by atoms with E-state index >= 15 is 0 Å². The zero-order valence-electron chi connectivity index (χ0n) is 20.4. The van der Waals surface area contributed by atoms with Crippen molar-refractivity contribution in [3.8, 4) is 6.07 Å². The number of anilines is 2. The number of aryl methyl sites for hydroxylation is 2. The summed E-state index contributed by atoms with van der Waals surface area (Å²) in [6, 6.07) is 24.3. The summed E-state index contributed by atoms with van der Waals surface area (Å²) in [6.07, 6.45) is 0. The molecule has 0 fully saturated rings. The topological polar surface area (TPSA) is 82.0 Å². The van der Waals surface area contributed by atoms with Gasteiger partial charge in [0.25, 0.3) is 0 Å². The molecule has 5 nitrogen and oxygen atoms in total.